The third-order valence-corrected chi connectivity index (χ3v) is 4.03. The minimum Gasteiger partial charge on any atom is -0.497 e. The van der Waals surface area contributed by atoms with Crippen molar-refractivity contribution in [2.24, 2.45) is 11.8 Å². The molecule has 0 aliphatic heterocycles. The zero-order valence-corrected chi connectivity index (χ0v) is 11.4. The van der Waals surface area contributed by atoms with Gasteiger partial charge in [0.15, 0.2) is 0 Å². The van der Waals surface area contributed by atoms with Gasteiger partial charge in [0, 0.05) is 11.8 Å². The standard InChI is InChI=1S/C15H23NO2/c1-11(2)12-8-15(9-12,10-17)16-13-5-4-6-14(7-13)18-3/h4-7,11-12,16-17H,8-10H2,1-3H3. The van der Waals surface area contributed by atoms with E-state index in [4.69, 9.17) is 4.74 Å². The Kier molecular flexibility index (Phi) is 3.81. The summed E-state index contributed by atoms with van der Waals surface area (Å²) in [6.07, 6.45) is 2.08. The third-order valence-electron chi connectivity index (χ3n) is 4.03. The van der Waals surface area contributed by atoms with Gasteiger partial charge in [0.1, 0.15) is 5.75 Å². The summed E-state index contributed by atoms with van der Waals surface area (Å²) in [5, 5.41) is 13.1. The van der Waals surface area contributed by atoms with Gasteiger partial charge in [0.2, 0.25) is 0 Å². The molecule has 2 N–H and O–H groups in total. The molecular formula is C15H23NO2. The van der Waals surface area contributed by atoms with Crippen molar-refractivity contribution in [1.82, 2.24) is 0 Å². The molecule has 1 fully saturated rings. The van der Waals surface area contributed by atoms with Crippen LogP contribution in [-0.4, -0.2) is 24.4 Å². The van der Waals surface area contributed by atoms with Crippen molar-refractivity contribution in [1.29, 1.82) is 0 Å². The van der Waals surface area contributed by atoms with Gasteiger partial charge in [-0.1, -0.05) is 19.9 Å². The molecule has 1 aliphatic rings. The van der Waals surface area contributed by atoms with Gasteiger partial charge in [0.25, 0.3) is 0 Å². The summed E-state index contributed by atoms with van der Waals surface area (Å²) in [6.45, 7) is 4.68. The van der Waals surface area contributed by atoms with Crippen LogP contribution in [0.1, 0.15) is 26.7 Å². The molecule has 100 valence electrons. The van der Waals surface area contributed by atoms with Crippen molar-refractivity contribution in [2.75, 3.05) is 19.0 Å². The van der Waals surface area contributed by atoms with Crippen molar-refractivity contribution in [2.45, 2.75) is 32.2 Å². The predicted molar refractivity (Wildman–Crippen MR) is 74.0 cm³/mol. The Morgan fingerprint density at radius 1 is 1.44 bits per heavy atom. The molecule has 2 rings (SSSR count). The molecule has 0 heterocycles. The topological polar surface area (TPSA) is 41.5 Å². The molecule has 0 aromatic heterocycles. The van der Waals surface area contributed by atoms with E-state index in [1.54, 1.807) is 7.11 Å². The Hall–Kier alpha value is -1.22. The van der Waals surface area contributed by atoms with E-state index in [0.717, 1.165) is 30.2 Å². The summed E-state index contributed by atoms with van der Waals surface area (Å²) in [4.78, 5) is 0. The number of rotatable bonds is 5. The Labute approximate surface area is 109 Å². The molecule has 1 aromatic rings. The number of anilines is 1. The van der Waals surface area contributed by atoms with Gasteiger partial charge in [-0.2, -0.15) is 0 Å². The summed E-state index contributed by atoms with van der Waals surface area (Å²) < 4.78 is 5.21. The molecule has 3 nitrogen and oxygen atoms in total. The van der Waals surface area contributed by atoms with Crippen molar-refractivity contribution in [3.63, 3.8) is 0 Å². The first-order valence-electron chi connectivity index (χ1n) is 6.62. The summed E-state index contributed by atoms with van der Waals surface area (Å²) in [5.74, 6) is 2.25. The van der Waals surface area contributed by atoms with Crippen molar-refractivity contribution >= 4 is 5.69 Å². The molecule has 0 bridgehead atoms. The maximum Gasteiger partial charge on any atom is 0.120 e. The molecule has 0 atom stereocenters. The van der Waals surface area contributed by atoms with Crippen LogP contribution in [0.5, 0.6) is 5.75 Å². The van der Waals surface area contributed by atoms with Crippen LogP contribution >= 0.6 is 0 Å². The average molecular weight is 249 g/mol. The molecule has 1 aromatic carbocycles. The minimum atomic E-state index is -0.138. The maximum atomic E-state index is 9.63. The molecule has 0 unspecified atom stereocenters. The number of benzene rings is 1. The Bertz CT molecular complexity index is 397. The van der Waals surface area contributed by atoms with Crippen LogP contribution in [0.4, 0.5) is 5.69 Å². The van der Waals surface area contributed by atoms with Crippen molar-refractivity contribution < 1.29 is 9.84 Å². The van der Waals surface area contributed by atoms with Crippen LogP contribution in [-0.2, 0) is 0 Å². The number of aliphatic hydroxyl groups excluding tert-OH is 1. The van der Waals surface area contributed by atoms with E-state index in [1.165, 1.54) is 0 Å². The maximum absolute atomic E-state index is 9.63. The van der Waals surface area contributed by atoms with Crippen LogP contribution in [0.2, 0.25) is 0 Å². The van der Waals surface area contributed by atoms with Gasteiger partial charge < -0.3 is 15.2 Å². The lowest BCUT2D eigenvalue weighted by molar-refractivity contribution is 0.0648. The van der Waals surface area contributed by atoms with Gasteiger partial charge in [-0.15, -0.1) is 0 Å². The molecule has 1 aliphatic carbocycles. The number of nitrogens with one attached hydrogen (secondary N) is 1. The quantitative estimate of drug-likeness (QED) is 0.843. The van der Waals surface area contributed by atoms with Crippen LogP contribution in [0.25, 0.3) is 0 Å². The van der Waals surface area contributed by atoms with Crippen molar-refractivity contribution in [3.05, 3.63) is 24.3 Å². The van der Waals surface area contributed by atoms with Gasteiger partial charge in [-0.3, -0.25) is 0 Å². The number of aliphatic hydroxyl groups is 1. The lowest BCUT2D eigenvalue weighted by atomic mass is 9.64. The highest BCUT2D eigenvalue weighted by atomic mass is 16.5. The second-order valence-electron chi connectivity index (χ2n) is 5.71. The van der Waals surface area contributed by atoms with Gasteiger partial charge in [0.05, 0.1) is 19.3 Å². The van der Waals surface area contributed by atoms with E-state index in [9.17, 15) is 5.11 Å². The van der Waals surface area contributed by atoms with E-state index >= 15 is 0 Å². The molecule has 0 amide bonds. The van der Waals surface area contributed by atoms with E-state index < -0.39 is 0 Å². The highest BCUT2D eigenvalue weighted by Gasteiger charge is 2.44. The van der Waals surface area contributed by atoms with E-state index in [2.05, 4.69) is 19.2 Å². The normalized spacial score (nSPS) is 26.8. The molecule has 0 spiro atoms. The number of methoxy groups -OCH3 is 1. The molecule has 3 heteroatoms. The third kappa shape index (κ3) is 2.61. The van der Waals surface area contributed by atoms with Gasteiger partial charge >= 0.3 is 0 Å². The van der Waals surface area contributed by atoms with E-state index in [-0.39, 0.29) is 12.1 Å². The van der Waals surface area contributed by atoms with Crippen LogP contribution in [0.15, 0.2) is 24.3 Å². The molecular weight excluding hydrogens is 226 g/mol. The SMILES string of the molecule is COc1cccc(NC2(CO)CC(C(C)C)C2)c1. The zero-order chi connectivity index (χ0) is 13.2. The molecule has 18 heavy (non-hydrogen) atoms. The van der Waals surface area contributed by atoms with Gasteiger partial charge in [-0.05, 0) is 36.8 Å². The summed E-state index contributed by atoms with van der Waals surface area (Å²) in [6, 6.07) is 7.88. The summed E-state index contributed by atoms with van der Waals surface area (Å²) in [7, 11) is 1.67. The van der Waals surface area contributed by atoms with Gasteiger partial charge in [-0.25, -0.2) is 0 Å². The van der Waals surface area contributed by atoms with E-state index in [0.29, 0.717) is 5.92 Å². The molecule has 1 saturated carbocycles. The Morgan fingerprint density at radius 2 is 2.17 bits per heavy atom. The first-order valence-corrected chi connectivity index (χ1v) is 6.62. The number of ether oxygens (including phenoxy) is 1. The first kappa shape index (κ1) is 13.2. The van der Waals surface area contributed by atoms with Crippen LogP contribution in [0.3, 0.4) is 0 Å². The predicted octanol–water partition coefficient (Wildman–Crippen LogP) is 2.90. The van der Waals surface area contributed by atoms with Crippen LogP contribution in [0, 0.1) is 11.8 Å². The fraction of sp³-hybridized carbons (Fsp3) is 0.600. The minimum absolute atomic E-state index is 0.138. The monoisotopic (exact) mass is 249 g/mol. The van der Waals surface area contributed by atoms with Crippen molar-refractivity contribution in [3.8, 4) is 5.75 Å². The first-order chi connectivity index (χ1) is 8.58. The number of hydrogen-bond donors (Lipinski definition) is 2. The summed E-state index contributed by atoms with van der Waals surface area (Å²) >= 11 is 0. The fourth-order valence-corrected chi connectivity index (χ4v) is 2.69. The Morgan fingerprint density at radius 3 is 2.72 bits per heavy atom. The largest absolute Gasteiger partial charge is 0.497 e. The zero-order valence-electron chi connectivity index (χ0n) is 11.4. The highest BCUT2D eigenvalue weighted by molar-refractivity contribution is 5.50. The molecule has 0 radical (unpaired) electrons. The summed E-state index contributed by atoms with van der Waals surface area (Å²) in [5.41, 5.74) is 0.881. The lowest BCUT2D eigenvalue weighted by Crippen LogP contribution is -2.54. The Balaban J connectivity index is 2.03. The second-order valence-corrected chi connectivity index (χ2v) is 5.71. The lowest BCUT2D eigenvalue weighted by Gasteiger charge is -2.49. The van der Waals surface area contributed by atoms with E-state index in [1.807, 2.05) is 24.3 Å². The molecule has 0 saturated heterocycles. The smallest absolute Gasteiger partial charge is 0.120 e. The average Bonchev–Trinajstić information content (AvgIpc) is 2.33. The number of hydrogen-bond acceptors (Lipinski definition) is 3. The fourth-order valence-electron chi connectivity index (χ4n) is 2.69. The van der Waals surface area contributed by atoms with Crippen LogP contribution < -0.4 is 10.1 Å². The highest BCUT2D eigenvalue weighted by Crippen LogP contribution is 2.44. The second kappa shape index (κ2) is 5.19.